The number of pyridine rings is 2. The molecule has 0 amide bonds. The highest BCUT2D eigenvalue weighted by atomic mass is 36.0. The number of aromatic nitrogens is 10. The summed E-state index contributed by atoms with van der Waals surface area (Å²) in [4.78, 5) is 9.22. The second-order valence-corrected chi connectivity index (χ2v) is 14.8. The maximum atomic E-state index is 9.47. The van der Waals surface area contributed by atoms with E-state index in [1.165, 1.54) is 36.8 Å². The van der Waals surface area contributed by atoms with Crippen molar-refractivity contribution in [1.29, 1.82) is 0 Å². The summed E-state index contributed by atoms with van der Waals surface area (Å²) in [6, 6.07) is 8.52. The van der Waals surface area contributed by atoms with E-state index < -0.39 is 15.3 Å². The Bertz CT molecular complexity index is 1820. The van der Waals surface area contributed by atoms with Gasteiger partial charge in [-0.3, -0.25) is 0 Å². The van der Waals surface area contributed by atoms with E-state index in [9.17, 15) is 5.11 Å². The number of imidazole rings is 2. The quantitative estimate of drug-likeness (QED) is 0.149. The van der Waals surface area contributed by atoms with Gasteiger partial charge in [-0.2, -0.15) is 0 Å². The number of halogens is 3. The summed E-state index contributed by atoms with van der Waals surface area (Å²) < 4.78 is 16.7. The van der Waals surface area contributed by atoms with Crippen LogP contribution in [0.2, 0.25) is 0 Å². The molecule has 2 unspecified atom stereocenters. The molecule has 2 saturated carbocycles. The molecule has 0 spiro atoms. The van der Waals surface area contributed by atoms with Crippen LogP contribution in [0.5, 0.6) is 0 Å². The number of rotatable bonds is 8. The van der Waals surface area contributed by atoms with E-state index in [1.807, 2.05) is 19.3 Å². The second kappa shape index (κ2) is 14.2. The van der Waals surface area contributed by atoms with Gasteiger partial charge in [-0.25, -0.2) is 23.5 Å². The summed E-state index contributed by atoms with van der Waals surface area (Å²) in [5.41, 5.74) is 8.00. The molecule has 2 atom stereocenters. The van der Waals surface area contributed by atoms with Gasteiger partial charge in [0.2, 0.25) is 9.23 Å². The lowest BCUT2D eigenvalue weighted by atomic mass is 10.2. The van der Waals surface area contributed by atoms with Crippen LogP contribution in [0.1, 0.15) is 96.8 Å². The van der Waals surface area contributed by atoms with Gasteiger partial charge >= 0.3 is 0 Å². The highest BCUT2D eigenvalue weighted by Crippen LogP contribution is 2.40. The Morgan fingerprint density at radius 3 is 1.57 bits per heavy atom. The van der Waals surface area contributed by atoms with Gasteiger partial charge in [-0.15, -0.1) is 21.8 Å². The molecule has 12 nitrogen and oxygen atoms in total. The van der Waals surface area contributed by atoms with Gasteiger partial charge in [-0.1, -0.05) is 22.6 Å². The Morgan fingerprint density at radius 1 is 0.761 bits per heavy atom. The fourth-order valence-electron chi connectivity index (χ4n) is 5.08. The minimum Gasteiger partial charge on any atom is -0.387 e. The molecular weight excluding hydrogens is 671 g/mol. The van der Waals surface area contributed by atoms with Crippen LogP contribution < -0.4 is 0 Å². The molecule has 0 radical (unpaired) electrons. The van der Waals surface area contributed by atoms with Crippen LogP contribution in [-0.2, 0) is 22.3 Å². The first-order chi connectivity index (χ1) is 22.1. The van der Waals surface area contributed by atoms with E-state index in [-0.39, 0.29) is 5.38 Å². The third-order valence-corrected chi connectivity index (χ3v) is 7.97. The van der Waals surface area contributed by atoms with Crippen LogP contribution in [0.4, 0.5) is 0 Å². The Labute approximate surface area is 281 Å². The summed E-state index contributed by atoms with van der Waals surface area (Å²) in [7, 11) is 7.36. The molecule has 6 aromatic rings. The number of alkyl halides is 1. The van der Waals surface area contributed by atoms with Crippen LogP contribution in [0.15, 0.2) is 61.4 Å². The molecule has 16 heteroatoms. The van der Waals surface area contributed by atoms with Crippen LogP contribution >= 0.6 is 33.0 Å². The Balaban J connectivity index is 0.000000145. The minimum absolute atomic E-state index is 0.124. The fraction of sp³-hybridized carbons (Fsp3) is 0.400. The second-order valence-electron chi connectivity index (χ2n) is 11.6. The normalized spacial score (nSPS) is 15.8. The van der Waals surface area contributed by atoms with Crippen molar-refractivity contribution in [2.24, 2.45) is 0 Å². The minimum atomic E-state index is -1.67. The topological polar surface area (TPSA) is 133 Å². The molecule has 6 heterocycles. The molecule has 2 aliphatic rings. The van der Waals surface area contributed by atoms with Crippen LogP contribution in [0.3, 0.4) is 0 Å². The Kier molecular flexibility index (Phi) is 10.0. The molecular formula is C30H33Cl3N10O2S. The monoisotopic (exact) mass is 702 g/mol. The van der Waals surface area contributed by atoms with E-state index in [0.717, 1.165) is 40.2 Å². The Morgan fingerprint density at radius 2 is 1.20 bits per heavy atom. The Hall–Kier alpha value is -3.36. The molecule has 242 valence electrons. The average Bonchev–Trinajstić information content (AvgIpc) is 3.84. The van der Waals surface area contributed by atoms with Crippen molar-refractivity contribution in [2.75, 3.05) is 0 Å². The zero-order valence-electron chi connectivity index (χ0n) is 25.2. The van der Waals surface area contributed by atoms with Crippen molar-refractivity contribution in [3.63, 3.8) is 0 Å². The maximum absolute atomic E-state index is 9.47. The lowest BCUT2D eigenvalue weighted by Crippen LogP contribution is -2.00. The van der Waals surface area contributed by atoms with Gasteiger partial charge in [0, 0.05) is 46.2 Å². The predicted octanol–water partition coefficient (Wildman–Crippen LogP) is 6.10. The van der Waals surface area contributed by atoms with Crippen molar-refractivity contribution < 1.29 is 9.32 Å². The highest BCUT2D eigenvalue weighted by molar-refractivity contribution is 8.26. The molecule has 2 fully saturated rings. The summed E-state index contributed by atoms with van der Waals surface area (Å²) >= 11 is 6.00. The van der Waals surface area contributed by atoms with Crippen molar-refractivity contribution in [2.45, 2.75) is 75.9 Å². The molecule has 0 aliphatic heterocycles. The molecule has 6 aromatic heterocycles. The van der Waals surface area contributed by atoms with E-state index in [2.05, 4.69) is 104 Å². The smallest absolute Gasteiger partial charge is 0.211 e. The summed E-state index contributed by atoms with van der Waals surface area (Å²) in [5, 5.41) is 25.5. The zero-order chi connectivity index (χ0) is 32.4. The summed E-state index contributed by atoms with van der Waals surface area (Å²) in [6.45, 7) is 4.73. The van der Waals surface area contributed by atoms with Crippen LogP contribution in [0.25, 0.3) is 11.3 Å². The lowest BCUT2D eigenvalue weighted by Gasteiger charge is -1.98. The molecule has 0 saturated heterocycles. The highest BCUT2D eigenvalue weighted by Gasteiger charge is 2.24. The van der Waals surface area contributed by atoms with Crippen LogP contribution in [-0.4, -0.2) is 58.1 Å². The van der Waals surface area contributed by atoms with Gasteiger partial charge in [0.05, 0.1) is 48.4 Å². The SMILES string of the molecule is CC(Cl)c1cn(Cc2cn3cc(C4CC4)ccc3n2)nn1.CC(O)c1cn(Cc2cn3cc(C4CC4)ccc3n2)nn1.O=S(Cl)Cl. The molecule has 46 heavy (non-hydrogen) atoms. The lowest BCUT2D eigenvalue weighted by molar-refractivity contribution is 0.194. The van der Waals surface area contributed by atoms with Gasteiger partial charge < -0.3 is 13.9 Å². The standard InChI is InChI=1S/C15H16ClN5.C15H17N5O.Cl2OS/c1-10(16)14-9-21(19-18-14)8-13-7-20-6-12(11-2-3-11)4-5-15(20)17-13;1-10(21)14-9-20(18-17-14)8-13-7-19-6-12(11-2-3-11)4-5-15(19)16-13;1-4(2)3/h4-7,9-11H,2-3,8H2,1H3;4-7,9-11,21H,2-3,8H2,1H3;. The number of hydrogen-bond acceptors (Lipinski definition) is 8. The largest absolute Gasteiger partial charge is 0.387 e. The molecule has 0 bridgehead atoms. The number of fused-ring (bicyclic) bond motifs is 2. The molecule has 2 aliphatic carbocycles. The van der Waals surface area contributed by atoms with Gasteiger partial charge in [0.1, 0.15) is 22.7 Å². The van der Waals surface area contributed by atoms with Crippen molar-refractivity contribution >= 4 is 53.5 Å². The zero-order valence-corrected chi connectivity index (χ0v) is 28.3. The van der Waals surface area contributed by atoms with E-state index in [4.69, 9.17) is 15.8 Å². The van der Waals surface area contributed by atoms with Gasteiger partial charge in [0.15, 0.2) is 0 Å². The first-order valence-corrected chi connectivity index (χ1v) is 18.2. The van der Waals surface area contributed by atoms with E-state index in [0.29, 0.717) is 18.8 Å². The molecule has 0 aromatic carbocycles. The first-order valence-electron chi connectivity index (χ1n) is 14.9. The van der Waals surface area contributed by atoms with Crippen molar-refractivity contribution in [3.05, 3.63) is 95.3 Å². The first kappa shape index (κ1) is 32.6. The average molecular weight is 704 g/mol. The van der Waals surface area contributed by atoms with Gasteiger partial charge in [0.25, 0.3) is 0 Å². The number of hydrogen-bond donors (Lipinski definition) is 1. The van der Waals surface area contributed by atoms with Gasteiger partial charge in [-0.05, 0) is 74.6 Å². The molecule has 1 N–H and O–H groups in total. The summed E-state index contributed by atoms with van der Waals surface area (Å²) in [6.07, 6.45) is 16.7. The number of aliphatic hydroxyl groups is 1. The number of aliphatic hydroxyl groups excluding tert-OH is 1. The van der Waals surface area contributed by atoms with E-state index >= 15 is 0 Å². The third-order valence-electron chi connectivity index (χ3n) is 7.74. The van der Waals surface area contributed by atoms with Crippen molar-refractivity contribution in [1.82, 2.24) is 48.8 Å². The predicted molar refractivity (Wildman–Crippen MR) is 177 cm³/mol. The number of nitrogens with zero attached hydrogens (tertiary/aromatic N) is 10. The molecule has 8 rings (SSSR count). The fourth-order valence-corrected chi connectivity index (χ4v) is 5.18. The maximum Gasteiger partial charge on any atom is 0.211 e. The third kappa shape index (κ3) is 8.51. The summed E-state index contributed by atoms with van der Waals surface area (Å²) in [5.74, 6) is 1.49. The van der Waals surface area contributed by atoms with E-state index in [1.54, 1.807) is 22.5 Å². The van der Waals surface area contributed by atoms with Crippen LogP contribution in [0, 0.1) is 0 Å². The van der Waals surface area contributed by atoms with Crippen molar-refractivity contribution in [3.8, 4) is 0 Å².